The van der Waals surface area contributed by atoms with Gasteiger partial charge in [0.15, 0.2) is 5.54 Å². The van der Waals surface area contributed by atoms with Crippen LogP contribution in [0.25, 0.3) is 0 Å². The van der Waals surface area contributed by atoms with Crippen LogP contribution in [0.15, 0.2) is 48.5 Å². The number of fused-ring (bicyclic) bond motifs is 1. The molecule has 0 aliphatic carbocycles. The number of hydrogen-bond donors (Lipinski definition) is 0. The van der Waals surface area contributed by atoms with Crippen molar-refractivity contribution >= 4 is 5.71 Å². The molecular weight excluding hydrogens is 246 g/mol. The number of rotatable bonds is 1. The third-order valence-electron chi connectivity index (χ3n) is 3.97. The zero-order valence-electron chi connectivity index (χ0n) is 12.2. The Labute approximate surface area is 120 Å². The highest BCUT2D eigenvalue weighted by Crippen LogP contribution is 2.28. The smallest absolute Gasteiger partial charge is 0.226 e. The molecule has 2 heteroatoms. The number of nitrogens with zero attached hydrogens (tertiary/aromatic N) is 1. The summed E-state index contributed by atoms with van der Waals surface area (Å²) in [5.41, 5.74) is 4.89. The predicted octanol–water partition coefficient (Wildman–Crippen LogP) is 3.68. The van der Waals surface area contributed by atoms with Crippen LogP contribution in [0, 0.1) is 12.1 Å². The Kier molecular flexibility index (Phi) is 2.89. The normalized spacial score (nSPS) is 16.9. The first-order valence-corrected chi connectivity index (χ1v) is 6.99. The zero-order chi connectivity index (χ0) is 14.3. The summed E-state index contributed by atoms with van der Waals surface area (Å²) in [6.45, 7) is 6.07. The second-order valence-corrected chi connectivity index (χ2v) is 6.16. The van der Waals surface area contributed by atoms with Gasteiger partial charge in [-0.2, -0.15) is 4.74 Å². The van der Waals surface area contributed by atoms with Crippen LogP contribution in [0.1, 0.15) is 36.1 Å². The molecule has 102 valence electrons. The first-order valence-electron chi connectivity index (χ1n) is 6.99. The number of hydrogen-bond acceptors (Lipinski definition) is 1. The van der Waals surface area contributed by atoms with Crippen molar-refractivity contribution < 1.29 is 4.74 Å². The summed E-state index contributed by atoms with van der Waals surface area (Å²) in [5, 5.41) is 12.8. The van der Waals surface area contributed by atoms with Crippen molar-refractivity contribution in [3.63, 3.8) is 0 Å². The molecule has 2 nitrogen and oxygen atoms in total. The lowest BCUT2D eigenvalue weighted by Crippen LogP contribution is -2.43. The van der Waals surface area contributed by atoms with Gasteiger partial charge in [-0.3, -0.25) is 0 Å². The maximum Gasteiger partial charge on any atom is 0.226 e. The van der Waals surface area contributed by atoms with Gasteiger partial charge in [0.25, 0.3) is 0 Å². The molecule has 1 heterocycles. The molecule has 3 rings (SSSR count). The lowest BCUT2D eigenvalue weighted by molar-refractivity contribution is -0.541. The van der Waals surface area contributed by atoms with Gasteiger partial charge >= 0.3 is 0 Å². The van der Waals surface area contributed by atoms with Crippen molar-refractivity contribution in [2.24, 2.45) is 0 Å². The highest BCUT2D eigenvalue weighted by atomic mass is 16.5. The molecule has 0 radical (unpaired) electrons. The van der Waals surface area contributed by atoms with Crippen LogP contribution >= 0.6 is 0 Å². The molecule has 0 saturated carbocycles. The SMILES string of the molecule is Cc1ccc(C2=[N+]([O-])C(C)(C)Cc3ccccc32)cc1. The van der Waals surface area contributed by atoms with E-state index in [1.54, 1.807) is 0 Å². The molecule has 0 fully saturated rings. The number of aryl methyl sites for hydroxylation is 1. The van der Waals surface area contributed by atoms with Crippen LogP contribution in [-0.2, 0) is 6.42 Å². The van der Waals surface area contributed by atoms with Crippen LogP contribution in [-0.4, -0.2) is 16.0 Å². The fraction of sp³-hybridized carbons (Fsp3) is 0.278. The van der Waals surface area contributed by atoms with Crippen molar-refractivity contribution in [2.45, 2.75) is 32.7 Å². The minimum atomic E-state index is -0.408. The first kappa shape index (κ1) is 12.9. The molecular formula is C18H19NO. The van der Waals surface area contributed by atoms with E-state index in [0.29, 0.717) is 0 Å². The summed E-state index contributed by atoms with van der Waals surface area (Å²) in [5.74, 6) is 0. The molecule has 0 atom stereocenters. The van der Waals surface area contributed by atoms with Gasteiger partial charge in [0, 0.05) is 25.8 Å². The fourth-order valence-electron chi connectivity index (χ4n) is 2.84. The molecule has 2 aromatic carbocycles. The third-order valence-corrected chi connectivity index (χ3v) is 3.97. The second-order valence-electron chi connectivity index (χ2n) is 6.16. The van der Waals surface area contributed by atoms with Crippen molar-refractivity contribution in [2.75, 3.05) is 0 Å². The average Bonchev–Trinajstić information content (AvgIpc) is 2.41. The quantitative estimate of drug-likeness (QED) is 0.570. The first-order chi connectivity index (χ1) is 9.49. The Morgan fingerprint density at radius 3 is 2.35 bits per heavy atom. The fourth-order valence-corrected chi connectivity index (χ4v) is 2.84. The van der Waals surface area contributed by atoms with Crippen molar-refractivity contribution in [3.05, 3.63) is 76.0 Å². The lowest BCUT2D eigenvalue weighted by Gasteiger charge is -2.32. The summed E-state index contributed by atoms with van der Waals surface area (Å²) in [7, 11) is 0. The minimum Gasteiger partial charge on any atom is -0.623 e. The Morgan fingerprint density at radius 2 is 1.65 bits per heavy atom. The maximum absolute atomic E-state index is 12.8. The van der Waals surface area contributed by atoms with Gasteiger partial charge in [0.05, 0.1) is 5.56 Å². The number of benzene rings is 2. The predicted molar refractivity (Wildman–Crippen MR) is 82.2 cm³/mol. The Balaban J connectivity index is 2.26. The molecule has 0 saturated heterocycles. The molecule has 0 bridgehead atoms. The van der Waals surface area contributed by atoms with E-state index in [0.717, 1.165) is 23.3 Å². The van der Waals surface area contributed by atoms with Crippen molar-refractivity contribution in [3.8, 4) is 0 Å². The molecule has 1 aliphatic heterocycles. The van der Waals surface area contributed by atoms with E-state index in [1.807, 2.05) is 44.2 Å². The van der Waals surface area contributed by atoms with E-state index >= 15 is 0 Å². The molecule has 0 amide bonds. The Hall–Kier alpha value is -2.09. The van der Waals surface area contributed by atoms with E-state index in [9.17, 15) is 5.21 Å². The van der Waals surface area contributed by atoms with Gasteiger partial charge < -0.3 is 5.21 Å². The van der Waals surface area contributed by atoms with Crippen LogP contribution < -0.4 is 0 Å². The molecule has 0 N–H and O–H groups in total. The zero-order valence-corrected chi connectivity index (χ0v) is 12.2. The molecule has 2 aromatic rings. The summed E-state index contributed by atoms with van der Waals surface area (Å²) < 4.78 is 1.18. The van der Waals surface area contributed by atoms with Gasteiger partial charge in [0.2, 0.25) is 5.71 Å². The summed E-state index contributed by atoms with van der Waals surface area (Å²) >= 11 is 0. The monoisotopic (exact) mass is 265 g/mol. The number of hydroxylamine groups is 1. The van der Waals surface area contributed by atoms with Gasteiger partial charge in [0.1, 0.15) is 0 Å². The second kappa shape index (κ2) is 4.48. The van der Waals surface area contributed by atoms with Crippen LogP contribution in [0.4, 0.5) is 0 Å². The summed E-state index contributed by atoms with van der Waals surface area (Å²) in [6, 6.07) is 16.4. The van der Waals surface area contributed by atoms with Crippen molar-refractivity contribution in [1.29, 1.82) is 0 Å². The molecule has 20 heavy (non-hydrogen) atoms. The summed E-state index contributed by atoms with van der Waals surface area (Å²) in [4.78, 5) is 0. The van der Waals surface area contributed by atoms with E-state index in [2.05, 4.69) is 25.1 Å². The highest BCUT2D eigenvalue weighted by molar-refractivity contribution is 6.11. The van der Waals surface area contributed by atoms with Gasteiger partial charge in [-0.15, -0.1) is 0 Å². The van der Waals surface area contributed by atoms with Crippen LogP contribution in [0.2, 0.25) is 0 Å². The van der Waals surface area contributed by atoms with E-state index in [4.69, 9.17) is 0 Å². The molecule has 1 aliphatic rings. The standard InChI is InChI=1S/C18H19NO/c1-13-8-10-14(11-9-13)17-16-7-5-4-6-15(16)12-18(2,3)19(17)20/h4-11H,12H2,1-3H3. The molecule has 0 aromatic heterocycles. The van der Waals surface area contributed by atoms with E-state index < -0.39 is 5.54 Å². The highest BCUT2D eigenvalue weighted by Gasteiger charge is 2.37. The maximum atomic E-state index is 12.8. The summed E-state index contributed by atoms with van der Waals surface area (Å²) in [6.07, 6.45) is 0.780. The largest absolute Gasteiger partial charge is 0.623 e. The molecule has 0 unspecified atom stereocenters. The third kappa shape index (κ3) is 2.01. The van der Waals surface area contributed by atoms with E-state index in [1.165, 1.54) is 15.9 Å². The van der Waals surface area contributed by atoms with Gasteiger partial charge in [-0.25, -0.2) is 0 Å². The Morgan fingerprint density at radius 1 is 1.00 bits per heavy atom. The van der Waals surface area contributed by atoms with Crippen LogP contribution in [0.3, 0.4) is 0 Å². The Bertz CT molecular complexity index is 681. The van der Waals surface area contributed by atoms with Crippen molar-refractivity contribution in [1.82, 2.24) is 0 Å². The lowest BCUT2D eigenvalue weighted by atomic mass is 9.84. The van der Waals surface area contributed by atoms with Crippen LogP contribution in [0.5, 0.6) is 0 Å². The van der Waals surface area contributed by atoms with Gasteiger partial charge in [-0.05, 0) is 30.7 Å². The van der Waals surface area contributed by atoms with Gasteiger partial charge in [-0.1, -0.05) is 35.9 Å². The molecule has 0 spiro atoms. The van der Waals surface area contributed by atoms with E-state index in [-0.39, 0.29) is 0 Å². The topological polar surface area (TPSA) is 26.1 Å². The average molecular weight is 265 g/mol. The minimum absolute atomic E-state index is 0.408.